The zero-order valence-corrected chi connectivity index (χ0v) is 10.6. The molecule has 1 aliphatic heterocycles. The second-order valence-electron chi connectivity index (χ2n) is 4.44. The van der Waals surface area contributed by atoms with Crippen LogP contribution >= 0.6 is 0 Å². The lowest BCUT2D eigenvalue weighted by Gasteiger charge is -2.08. The molecule has 0 bridgehead atoms. The fourth-order valence-corrected chi connectivity index (χ4v) is 2.16. The first-order chi connectivity index (χ1) is 10.1. The molecule has 2 aromatic rings. The van der Waals surface area contributed by atoms with Gasteiger partial charge in [-0.1, -0.05) is 18.2 Å². The standard InChI is InChI=1S/C15H9NO5/c17-15(18)12-8-9-7-10(16(19)20)5-6-13(9)21-14-4-2-1-3-11(12)14/h1-8H,(H,17,18). The highest BCUT2D eigenvalue weighted by molar-refractivity contribution is 6.22. The molecule has 0 unspecified atom stereocenters. The van der Waals surface area contributed by atoms with Gasteiger partial charge in [-0.2, -0.15) is 0 Å². The van der Waals surface area contributed by atoms with Crippen molar-refractivity contribution in [2.24, 2.45) is 0 Å². The summed E-state index contributed by atoms with van der Waals surface area (Å²) in [6.07, 6.45) is 1.39. The van der Waals surface area contributed by atoms with Gasteiger partial charge in [-0.05, 0) is 18.2 Å². The number of benzene rings is 2. The van der Waals surface area contributed by atoms with Crippen LogP contribution in [0, 0.1) is 10.1 Å². The second-order valence-corrected chi connectivity index (χ2v) is 4.44. The highest BCUT2D eigenvalue weighted by Crippen LogP contribution is 2.39. The summed E-state index contributed by atoms with van der Waals surface area (Å²) in [7, 11) is 0. The molecule has 21 heavy (non-hydrogen) atoms. The summed E-state index contributed by atoms with van der Waals surface area (Å²) in [5.74, 6) is -0.339. The van der Waals surface area contributed by atoms with Crippen LogP contribution in [0.4, 0.5) is 5.69 Å². The number of nitro groups is 1. The predicted octanol–water partition coefficient (Wildman–Crippen LogP) is 3.33. The van der Waals surface area contributed by atoms with Gasteiger partial charge in [0.15, 0.2) is 0 Å². The molecule has 0 saturated carbocycles. The van der Waals surface area contributed by atoms with E-state index in [1.165, 1.54) is 24.3 Å². The molecular weight excluding hydrogens is 274 g/mol. The predicted molar refractivity (Wildman–Crippen MR) is 75.1 cm³/mol. The quantitative estimate of drug-likeness (QED) is 0.674. The van der Waals surface area contributed by atoms with Crippen LogP contribution in [0.5, 0.6) is 11.5 Å². The van der Waals surface area contributed by atoms with Gasteiger partial charge >= 0.3 is 5.97 Å². The topological polar surface area (TPSA) is 89.7 Å². The molecule has 0 fully saturated rings. The molecular formula is C15H9NO5. The Kier molecular flexibility index (Phi) is 2.91. The first kappa shape index (κ1) is 12.9. The van der Waals surface area contributed by atoms with Crippen molar-refractivity contribution in [3.05, 3.63) is 63.7 Å². The summed E-state index contributed by atoms with van der Waals surface area (Å²) in [4.78, 5) is 21.7. The number of carboxylic acids is 1. The van der Waals surface area contributed by atoms with Gasteiger partial charge in [0.25, 0.3) is 5.69 Å². The van der Waals surface area contributed by atoms with E-state index in [1.807, 2.05) is 0 Å². The van der Waals surface area contributed by atoms with E-state index < -0.39 is 10.9 Å². The Morgan fingerprint density at radius 2 is 1.90 bits per heavy atom. The summed E-state index contributed by atoms with van der Waals surface area (Å²) in [5.41, 5.74) is 0.704. The van der Waals surface area contributed by atoms with Crippen molar-refractivity contribution >= 4 is 23.3 Å². The minimum atomic E-state index is -1.12. The normalized spacial score (nSPS) is 12.3. The zero-order valence-electron chi connectivity index (χ0n) is 10.6. The molecule has 1 aliphatic rings. The SMILES string of the molecule is O=C(O)C1=Cc2cc([N+](=O)[O-])ccc2Oc2ccccc21. The lowest BCUT2D eigenvalue weighted by atomic mass is 10.0. The number of fused-ring (bicyclic) bond motifs is 2. The molecule has 3 rings (SSSR count). The Morgan fingerprint density at radius 3 is 2.62 bits per heavy atom. The number of hydrogen-bond acceptors (Lipinski definition) is 4. The lowest BCUT2D eigenvalue weighted by Crippen LogP contribution is -1.99. The molecule has 0 amide bonds. The number of nitrogens with zero attached hydrogens (tertiary/aromatic N) is 1. The van der Waals surface area contributed by atoms with Crippen LogP contribution in [0.15, 0.2) is 42.5 Å². The van der Waals surface area contributed by atoms with Crippen LogP contribution in [-0.4, -0.2) is 16.0 Å². The van der Waals surface area contributed by atoms with Gasteiger partial charge < -0.3 is 9.84 Å². The fourth-order valence-electron chi connectivity index (χ4n) is 2.16. The van der Waals surface area contributed by atoms with Crippen molar-refractivity contribution < 1.29 is 19.6 Å². The lowest BCUT2D eigenvalue weighted by molar-refractivity contribution is -0.384. The van der Waals surface area contributed by atoms with Gasteiger partial charge in [-0.15, -0.1) is 0 Å². The minimum Gasteiger partial charge on any atom is -0.478 e. The number of aliphatic carboxylic acids is 1. The number of nitro benzene ring substituents is 1. The van der Waals surface area contributed by atoms with E-state index in [4.69, 9.17) is 4.74 Å². The Hall–Kier alpha value is -3.15. The average molecular weight is 283 g/mol. The maximum Gasteiger partial charge on any atom is 0.336 e. The summed E-state index contributed by atoms with van der Waals surface area (Å²) >= 11 is 0. The van der Waals surface area contributed by atoms with Crippen molar-refractivity contribution in [1.29, 1.82) is 0 Å². The van der Waals surface area contributed by atoms with Crippen LogP contribution in [0.25, 0.3) is 11.6 Å². The first-order valence-electron chi connectivity index (χ1n) is 6.07. The summed E-state index contributed by atoms with van der Waals surface area (Å²) in [6.45, 7) is 0. The minimum absolute atomic E-state index is 0.0323. The zero-order chi connectivity index (χ0) is 15.0. The Labute approximate surface area is 119 Å². The molecule has 1 N–H and O–H groups in total. The number of hydrogen-bond donors (Lipinski definition) is 1. The number of para-hydroxylation sites is 1. The molecule has 2 aromatic carbocycles. The van der Waals surface area contributed by atoms with Gasteiger partial charge in [0.05, 0.1) is 10.5 Å². The summed E-state index contributed by atoms with van der Waals surface area (Å²) < 4.78 is 5.68. The van der Waals surface area contributed by atoms with Gasteiger partial charge in [-0.3, -0.25) is 10.1 Å². The van der Waals surface area contributed by atoms with Gasteiger partial charge in [0.1, 0.15) is 11.5 Å². The van der Waals surface area contributed by atoms with Crippen LogP contribution in [0.2, 0.25) is 0 Å². The van der Waals surface area contributed by atoms with E-state index in [0.29, 0.717) is 22.6 Å². The van der Waals surface area contributed by atoms with Gasteiger partial charge in [0.2, 0.25) is 0 Å². The van der Waals surface area contributed by atoms with E-state index >= 15 is 0 Å². The van der Waals surface area contributed by atoms with Crippen LogP contribution in [0.1, 0.15) is 11.1 Å². The highest BCUT2D eigenvalue weighted by atomic mass is 16.6. The van der Waals surface area contributed by atoms with E-state index in [1.54, 1.807) is 24.3 Å². The number of rotatable bonds is 2. The molecule has 0 atom stereocenters. The molecule has 0 aliphatic carbocycles. The average Bonchev–Trinajstić information content (AvgIpc) is 2.62. The van der Waals surface area contributed by atoms with Crippen LogP contribution < -0.4 is 4.74 Å². The third-order valence-electron chi connectivity index (χ3n) is 3.13. The van der Waals surface area contributed by atoms with E-state index in [9.17, 15) is 20.0 Å². The van der Waals surface area contributed by atoms with E-state index in [0.717, 1.165) is 0 Å². The number of carbonyl (C=O) groups is 1. The molecule has 0 aromatic heterocycles. The molecule has 0 spiro atoms. The Balaban J connectivity index is 2.25. The number of ether oxygens (including phenoxy) is 1. The summed E-state index contributed by atoms with van der Waals surface area (Å²) in [6, 6.07) is 10.8. The number of carboxylic acid groups (broad SMARTS) is 1. The van der Waals surface area contributed by atoms with Gasteiger partial charge in [0, 0.05) is 23.3 Å². The molecule has 0 radical (unpaired) electrons. The van der Waals surface area contributed by atoms with Gasteiger partial charge in [-0.25, -0.2) is 4.79 Å². The smallest absolute Gasteiger partial charge is 0.336 e. The van der Waals surface area contributed by atoms with Crippen LogP contribution in [-0.2, 0) is 4.79 Å². The first-order valence-corrected chi connectivity index (χ1v) is 6.07. The third kappa shape index (κ3) is 2.23. The fraction of sp³-hybridized carbons (Fsp3) is 0. The van der Waals surface area contributed by atoms with E-state index in [-0.39, 0.29) is 11.3 Å². The molecule has 6 nitrogen and oxygen atoms in total. The Morgan fingerprint density at radius 1 is 1.14 bits per heavy atom. The maximum atomic E-state index is 11.4. The number of non-ortho nitro benzene ring substituents is 1. The Bertz CT molecular complexity index is 794. The van der Waals surface area contributed by atoms with Crippen molar-refractivity contribution in [1.82, 2.24) is 0 Å². The van der Waals surface area contributed by atoms with Crippen molar-refractivity contribution in [2.45, 2.75) is 0 Å². The van der Waals surface area contributed by atoms with Crippen molar-refractivity contribution in [2.75, 3.05) is 0 Å². The van der Waals surface area contributed by atoms with Crippen molar-refractivity contribution in [3.63, 3.8) is 0 Å². The second kappa shape index (κ2) is 4.75. The highest BCUT2D eigenvalue weighted by Gasteiger charge is 2.22. The summed E-state index contributed by atoms with van der Waals surface area (Å²) in [5, 5.41) is 20.2. The molecule has 104 valence electrons. The maximum absolute atomic E-state index is 11.4. The van der Waals surface area contributed by atoms with E-state index in [2.05, 4.69) is 0 Å². The van der Waals surface area contributed by atoms with Crippen molar-refractivity contribution in [3.8, 4) is 11.5 Å². The monoisotopic (exact) mass is 283 g/mol. The van der Waals surface area contributed by atoms with Crippen LogP contribution in [0.3, 0.4) is 0 Å². The molecule has 6 heteroatoms. The molecule has 0 saturated heterocycles. The largest absolute Gasteiger partial charge is 0.478 e. The third-order valence-corrected chi connectivity index (χ3v) is 3.13. The molecule has 1 heterocycles.